The average molecular weight is 344 g/mol. The van der Waals surface area contributed by atoms with Gasteiger partial charge in [0.2, 0.25) is 0 Å². The van der Waals surface area contributed by atoms with E-state index in [1.165, 1.54) is 0 Å². The minimum absolute atomic E-state index is 0.232. The molecule has 0 aliphatic heterocycles. The van der Waals surface area contributed by atoms with Crippen molar-refractivity contribution >= 4 is 12.2 Å². The predicted octanol–water partition coefficient (Wildman–Crippen LogP) is 5.57. The van der Waals surface area contributed by atoms with E-state index in [1.54, 1.807) is 12.1 Å². The highest BCUT2D eigenvalue weighted by Gasteiger charge is 2.16. The lowest BCUT2D eigenvalue weighted by molar-refractivity contribution is 0.475. The van der Waals surface area contributed by atoms with Crippen molar-refractivity contribution in [3.63, 3.8) is 0 Å². The van der Waals surface area contributed by atoms with Crippen molar-refractivity contribution in [2.45, 2.75) is 0 Å². The first-order valence-electron chi connectivity index (χ1n) is 7.99. The molecular weight excluding hydrogens is 328 g/mol. The number of benzene rings is 3. The number of hydrogen-bond donors (Lipinski definition) is 2. The number of aromatic nitrogens is 2. The molecule has 0 bridgehead atoms. The SMILES string of the molecule is Oc1ccc(-n2c(-c3ccccc3)c(-c3ccccc3)[nH]c2=S)cc1. The third-order valence-electron chi connectivity index (χ3n) is 4.11. The van der Waals surface area contributed by atoms with Crippen LogP contribution < -0.4 is 0 Å². The normalized spacial score (nSPS) is 10.7. The van der Waals surface area contributed by atoms with Crippen LogP contribution in [0.2, 0.25) is 0 Å². The average Bonchev–Trinajstić information content (AvgIpc) is 3.01. The molecule has 122 valence electrons. The number of phenolic OH excluding ortho intramolecular Hbond substituents is 1. The van der Waals surface area contributed by atoms with Crippen LogP contribution in [-0.2, 0) is 0 Å². The van der Waals surface area contributed by atoms with Crippen molar-refractivity contribution < 1.29 is 5.11 Å². The summed E-state index contributed by atoms with van der Waals surface area (Å²) in [6, 6.07) is 27.4. The maximum absolute atomic E-state index is 9.60. The summed E-state index contributed by atoms with van der Waals surface area (Å²) in [5.74, 6) is 0.232. The van der Waals surface area contributed by atoms with Gasteiger partial charge in [0, 0.05) is 16.8 Å². The number of imidazole rings is 1. The van der Waals surface area contributed by atoms with Gasteiger partial charge in [0.25, 0.3) is 0 Å². The van der Waals surface area contributed by atoms with E-state index in [2.05, 4.69) is 29.2 Å². The lowest BCUT2D eigenvalue weighted by Gasteiger charge is -2.11. The Bertz CT molecular complexity index is 1050. The summed E-state index contributed by atoms with van der Waals surface area (Å²) >= 11 is 5.62. The topological polar surface area (TPSA) is 41.0 Å². The molecule has 0 saturated heterocycles. The molecule has 4 heteroatoms. The van der Waals surface area contributed by atoms with Crippen LogP contribution in [0.4, 0.5) is 0 Å². The van der Waals surface area contributed by atoms with Crippen molar-refractivity contribution in [3.05, 3.63) is 89.7 Å². The van der Waals surface area contributed by atoms with Crippen LogP contribution in [0.25, 0.3) is 28.2 Å². The zero-order valence-corrected chi connectivity index (χ0v) is 14.2. The summed E-state index contributed by atoms with van der Waals surface area (Å²) in [7, 11) is 0. The molecule has 3 nitrogen and oxygen atoms in total. The van der Waals surface area contributed by atoms with Crippen LogP contribution in [0.3, 0.4) is 0 Å². The number of nitrogens with one attached hydrogen (secondary N) is 1. The van der Waals surface area contributed by atoms with Crippen LogP contribution in [0.15, 0.2) is 84.9 Å². The van der Waals surface area contributed by atoms with E-state index in [4.69, 9.17) is 12.2 Å². The van der Waals surface area contributed by atoms with Gasteiger partial charge in [-0.15, -0.1) is 0 Å². The van der Waals surface area contributed by atoms with Crippen LogP contribution in [0, 0.1) is 4.77 Å². The third-order valence-corrected chi connectivity index (χ3v) is 4.40. The molecule has 0 radical (unpaired) electrons. The van der Waals surface area contributed by atoms with E-state index < -0.39 is 0 Å². The number of H-pyrrole nitrogens is 1. The van der Waals surface area contributed by atoms with Gasteiger partial charge in [0.1, 0.15) is 5.75 Å². The van der Waals surface area contributed by atoms with Gasteiger partial charge in [-0.1, -0.05) is 60.7 Å². The predicted molar refractivity (Wildman–Crippen MR) is 103 cm³/mol. The number of aromatic amines is 1. The van der Waals surface area contributed by atoms with E-state index in [1.807, 2.05) is 53.1 Å². The Labute approximate surface area is 150 Å². The second-order valence-electron chi connectivity index (χ2n) is 5.74. The molecule has 4 rings (SSSR count). The molecule has 0 spiro atoms. The first-order valence-corrected chi connectivity index (χ1v) is 8.40. The summed E-state index contributed by atoms with van der Waals surface area (Å²) in [4.78, 5) is 3.36. The third kappa shape index (κ3) is 2.88. The smallest absolute Gasteiger partial charge is 0.182 e. The Kier molecular flexibility index (Phi) is 3.96. The summed E-state index contributed by atoms with van der Waals surface area (Å²) < 4.78 is 2.62. The molecule has 4 aromatic rings. The molecule has 0 fully saturated rings. The molecule has 0 aliphatic rings. The fourth-order valence-corrected chi connectivity index (χ4v) is 3.27. The first-order chi connectivity index (χ1) is 12.2. The highest BCUT2D eigenvalue weighted by Crippen LogP contribution is 2.34. The highest BCUT2D eigenvalue weighted by molar-refractivity contribution is 7.71. The lowest BCUT2D eigenvalue weighted by Crippen LogP contribution is -1.97. The summed E-state index contributed by atoms with van der Waals surface area (Å²) in [6.07, 6.45) is 0. The molecule has 3 aromatic carbocycles. The Morgan fingerprint density at radius 2 is 1.28 bits per heavy atom. The summed E-state index contributed by atoms with van der Waals surface area (Å²) in [6.45, 7) is 0. The van der Waals surface area contributed by atoms with Crippen molar-refractivity contribution in [2.24, 2.45) is 0 Å². The van der Waals surface area contributed by atoms with Gasteiger partial charge in [-0.2, -0.15) is 0 Å². The standard InChI is InChI=1S/C21H16N2OS/c24-18-13-11-17(12-14-18)23-20(16-9-5-2-6-10-16)19(22-21(23)25)15-7-3-1-4-8-15/h1-14,24H,(H,22,25). The largest absolute Gasteiger partial charge is 0.508 e. The number of aromatic hydroxyl groups is 1. The van der Waals surface area contributed by atoms with Crippen LogP contribution in [-0.4, -0.2) is 14.7 Å². The van der Waals surface area contributed by atoms with Gasteiger partial charge in [-0.25, -0.2) is 0 Å². The van der Waals surface area contributed by atoms with Gasteiger partial charge in [-0.3, -0.25) is 4.57 Å². The van der Waals surface area contributed by atoms with E-state index in [0.29, 0.717) is 4.77 Å². The Morgan fingerprint density at radius 3 is 1.88 bits per heavy atom. The molecule has 1 aromatic heterocycles. The fraction of sp³-hybridized carbons (Fsp3) is 0. The van der Waals surface area contributed by atoms with Gasteiger partial charge in [0.05, 0.1) is 11.4 Å². The van der Waals surface area contributed by atoms with Crippen LogP contribution in [0.1, 0.15) is 0 Å². The van der Waals surface area contributed by atoms with Gasteiger partial charge >= 0.3 is 0 Å². The van der Waals surface area contributed by atoms with E-state index in [0.717, 1.165) is 28.2 Å². The molecular formula is C21H16N2OS. The second-order valence-corrected chi connectivity index (χ2v) is 6.12. The second kappa shape index (κ2) is 6.42. The quantitative estimate of drug-likeness (QED) is 0.477. The van der Waals surface area contributed by atoms with Crippen LogP contribution in [0.5, 0.6) is 5.75 Å². The first kappa shape index (κ1) is 15.4. The maximum atomic E-state index is 9.60. The lowest BCUT2D eigenvalue weighted by atomic mass is 10.0. The minimum Gasteiger partial charge on any atom is -0.508 e. The molecule has 1 heterocycles. The Balaban J connectivity index is 2.03. The zero-order valence-electron chi connectivity index (χ0n) is 13.4. The fourth-order valence-electron chi connectivity index (χ4n) is 2.97. The molecule has 25 heavy (non-hydrogen) atoms. The van der Waals surface area contributed by atoms with Gasteiger partial charge < -0.3 is 10.1 Å². The molecule has 0 amide bonds. The van der Waals surface area contributed by atoms with Gasteiger partial charge in [-0.05, 0) is 36.5 Å². The summed E-state index contributed by atoms with van der Waals surface area (Å²) in [5.41, 5.74) is 5.03. The summed E-state index contributed by atoms with van der Waals surface area (Å²) in [5, 5.41) is 9.60. The van der Waals surface area contributed by atoms with E-state index >= 15 is 0 Å². The monoisotopic (exact) mass is 344 g/mol. The zero-order chi connectivity index (χ0) is 17.2. The Morgan fingerprint density at radius 1 is 0.720 bits per heavy atom. The van der Waals surface area contributed by atoms with Crippen molar-refractivity contribution in [1.29, 1.82) is 0 Å². The molecule has 0 aliphatic carbocycles. The number of phenols is 1. The van der Waals surface area contributed by atoms with Gasteiger partial charge in [0.15, 0.2) is 4.77 Å². The maximum Gasteiger partial charge on any atom is 0.182 e. The van der Waals surface area contributed by atoms with Crippen molar-refractivity contribution in [1.82, 2.24) is 9.55 Å². The minimum atomic E-state index is 0.232. The van der Waals surface area contributed by atoms with Crippen molar-refractivity contribution in [2.75, 3.05) is 0 Å². The molecule has 0 atom stereocenters. The molecule has 2 N–H and O–H groups in total. The molecule has 0 saturated carbocycles. The number of nitrogens with zero attached hydrogens (tertiary/aromatic N) is 1. The van der Waals surface area contributed by atoms with E-state index in [-0.39, 0.29) is 5.75 Å². The Hall–Kier alpha value is -3.11. The molecule has 0 unspecified atom stereocenters. The number of hydrogen-bond acceptors (Lipinski definition) is 2. The van der Waals surface area contributed by atoms with Crippen molar-refractivity contribution in [3.8, 4) is 34.0 Å². The number of rotatable bonds is 3. The highest BCUT2D eigenvalue weighted by atomic mass is 32.1. The van der Waals surface area contributed by atoms with E-state index in [9.17, 15) is 5.11 Å². The van der Waals surface area contributed by atoms with Crippen LogP contribution >= 0.6 is 12.2 Å².